The second kappa shape index (κ2) is 2.54. The molecule has 0 aromatic heterocycles. The molecule has 2 heteroatoms. The van der Waals surface area contributed by atoms with Crippen molar-refractivity contribution in [3.05, 3.63) is 11.1 Å². The van der Waals surface area contributed by atoms with E-state index in [9.17, 15) is 9.59 Å². The number of hydrogen-bond donors (Lipinski definition) is 0. The number of allylic oxidation sites excluding steroid dienone is 2. The number of ketones is 2. The summed E-state index contributed by atoms with van der Waals surface area (Å²) in [6, 6.07) is 0. The molecule has 64 valence electrons. The highest BCUT2D eigenvalue weighted by Gasteiger charge is 2.37. The maximum atomic E-state index is 11.4. The van der Waals surface area contributed by atoms with E-state index in [1.165, 1.54) is 0 Å². The van der Waals surface area contributed by atoms with Crippen molar-refractivity contribution in [3.8, 4) is 0 Å². The smallest absolute Gasteiger partial charge is 0.159 e. The van der Waals surface area contributed by atoms with Crippen LogP contribution in [0.5, 0.6) is 0 Å². The van der Waals surface area contributed by atoms with Gasteiger partial charge in [-0.2, -0.15) is 0 Å². The summed E-state index contributed by atoms with van der Waals surface area (Å²) in [5, 5.41) is 0. The minimum Gasteiger partial charge on any atom is -0.299 e. The third-order valence-corrected chi connectivity index (χ3v) is 2.90. The highest BCUT2D eigenvalue weighted by molar-refractivity contribution is 6.06. The van der Waals surface area contributed by atoms with Gasteiger partial charge in [0, 0.05) is 24.3 Å². The van der Waals surface area contributed by atoms with E-state index in [2.05, 4.69) is 0 Å². The molecule has 2 aliphatic carbocycles. The number of Topliss-reactive ketones (excluding diaryl/α,β-unsaturated/α-hetero) is 2. The van der Waals surface area contributed by atoms with Gasteiger partial charge in [-0.05, 0) is 19.8 Å². The Hall–Kier alpha value is -0.920. The second-order valence-electron chi connectivity index (χ2n) is 3.67. The summed E-state index contributed by atoms with van der Waals surface area (Å²) in [6.45, 7) is 1.98. The van der Waals surface area contributed by atoms with E-state index in [-0.39, 0.29) is 17.5 Å². The van der Waals surface area contributed by atoms with Crippen molar-refractivity contribution < 1.29 is 9.59 Å². The van der Waals surface area contributed by atoms with Gasteiger partial charge in [-0.1, -0.05) is 5.57 Å². The van der Waals surface area contributed by atoms with Crippen LogP contribution in [0, 0.1) is 5.92 Å². The van der Waals surface area contributed by atoms with E-state index >= 15 is 0 Å². The SMILES string of the molecule is CC1=C2C(=O)CCC2C(=O)CC1. The van der Waals surface area contributed by atoms with Gasteiger partial charge in [0.1, 0.15) is 5.78 Å². The third-order valence-electron chi connectivity index (χ3n) is 2.90. The molecule has 1 fully saturated rings. The van der Waals surface area contributed by atoms with Gasteiger partial charge >= 0.3 is 0 Å². The van der Waals surface area contributed by atoms with Crippen LogP contribution >= 0.6 is 0 Å². The first-order valence-electron chi connectivity index (χ1n) is 4.45. The lowest BCUT2D eigenvalue weighted by Gasteiger charge is -2.18. The Morgan fingerprint density at radius 1 is 1.17 bits per heavy atom. The van der Waals surface area contributed by atoms with Crippen LogP contribution in [0.15, 0.2) is 11.1 Å². The van der Waals surface area contributed by atoms with E-state index < -0.39 is 0 Å². The summed E-state index contributed by atoms with van der Waals surface area (Å²) >= 11 is 0. The quantitative estimate of drug-likeness (QED) is 0.545. The fraction of sp³-hybridized carbons (Fsp3) is 0.600. The number of carbonyl (C=O) groups is 2. The molecule has 0 aliphatic heterocycles. The van der Waals surface area contributed by atoms with Gasteiger partial charge in [-0.25, -0.2) is 0 Å². The minimum absolute atomic E-state index is 0.0220. The minimum atomic E-state index is -0.0220. The van der Waals surface area contributed by atoms with Crippen LogP contribution < -0.4 is 0 Å². The third kappa shape index (κ3) is 0.942. The first kappa shape index (κ1) is 7.71. The zero-order chi connectivity index (χ0) is 8.72. The molecule has 1 atom stereocenters. The van der Waals surface area contributed by atoms with Gasteiger partial charge in [-0.15, -0.1) is 0 Å². The Balaban J connectivity index is 2.44. The van der Waals surface area contributed by atoms with E-state index in [0.717, 1.165) is 24.0 Å². The van der Waals surface area contributed by atoms with Crippen LogP contribution in [-0.2, 0) is 9.59 Å². The Morgan fingerprint density at radius 2 is 1.92 bits per heavy atom. The average Bonchev–Trinajstić information content (AvgIpc) is 2.42. The lowest BCUT2D eigenvalue weighted by molar-refractivity contribution is -0.123. The molecule has 0 aromatic carbocycles. The van der Waals surface area contributed by atoms with Crippen LogP contribution in [0.4, 0.5) is 0 Å². The van der Waals surface area contributed by atoms with Crippen molar-refractivity contribution in [2.45, 2.75) is 32.6 Å². The van der Waals surface area contributed by atoms with Gasteiger partial charge in [0.15, 0.2) is 5.78 Å². The lowest BCUT2D eigenvalue weighted by atomic mass is 9.84. The fourth-order valence-corrected chi connectivity index (χ4v) is 2.23. The second-order valence-corrected chi connectivity index (χ2v) is 3.67. The topological polar surface area (TPSA) is 34.1 Å². The van der Waals surface area contributed by atoms with E-state index in [1.807, 2.05) is 6.92 Å². The first-order valence-corrected chi connectivity index (χ1v) is 4.45. The summed E-state index contributed by atoms with van der Waals surface area (Å²) in [6.07, 6.45) is 2.80. The van der Waals surface area contributed by atoms with Crippen molar-refractivity contribution in [1.29, 1.82) is 0 Å². The predicted octanol–water partition coefficient (Wildman–Crippen LogP) is 1.64. The summed E-state index contributed by atoms with van der Waals surface area (Å²) in [7, 11) is 0. The monoisotopic (exact) mass is 164 g/mol. The molecule has 0 bridgehead atoms. The largest absolute Gasteiger partial charge is 0.299 e. The average molecular weight is 164 g/mol. The van der Waals surface area contributed by atoms with Crippen molar-refractivity contribution in [1.82, 2.24) is 0 Å². The van der Waals surface area contributed by atoms with Crippen molar-refractivity contribution >= 4 is 11.6 Å². The standard InChI is InChI=1S/C10H12O2/c1-6-2-4-8(11)7-3-5-9(12)10(6)7/h7H,2-5H2,1H3. The Morgan fingerprint density at radius 3 is 2.58 bits per heavy atom. The molecular weight excluding hydrogens is 152 g/mol. The van der Waals surface area contributed by atoms with Gasteiger partial charge in [0.05, 0.1) is 0 Å². The van der Waals surface area contributed by atoms with Gasteiger partial charge in [0.2, 0.25) is 0 Å². The normalized spacial score (nSPS) is 29.6. The fourth-order valence-electron chi connectivity index (χ4n) is 2.23. The molecule has 2 aliphatic rings. The summed E-state index contributed by atoms with van der Waals surface area (Å²) in [5.41, 5.74) is 2.01. The van der Waals surface area contributed by atoms with E-state index in [4.69, 9.17) is 0 Å². The predicted molar refractivity (Wildman–Crippen MR) is 44.7 cm³/mol. The molecule has 1 unspecified atom stereocenters. The highest BCUT2D eigenvalue weighted by atomic mass is 16.1. The van der Waals surface area contributed by atoms with Crippen LogP contribution in [0.25, 0.3) is 0 Å². The number of fused-ring (bicyclic) bond motifs is 1. The number of carbonyl (C=O) groups excluding carboxylic acids is 2. The van der Waals surface area contributed by atoms with Crippen LogP contribution in [0.1, 0.15) is 32.6 Å². The zero-order valence-electron chi connectivity index (χ0n) is 7.22. The lowest BCUT2D eigenvalue weighted by Crippen LogP contribution is -2.20. The molecule has 2 rings (SSSR count). The maximum absolute atomic E-state index is 11.4. The van der Waals surface area contributed by atoms with Crippen molar-refractivity contribution in [3.63, 3.8) is 0 Å². The van der Waals surface area contributed by atoms with Crippen LogP contribution in [-0.4, -0.2) is 11.6 Å². The van der Waals surface area contributed by atoms with Crippen LogP contribution in [0.3, 0.4) is 0 Å². The number of rotatable bonds is 0. The molecule has 0 spiro atoms. The maximum Gasteiger partial charge on any atom is 0.159 e. The highest BCUT2D eigenvalue weighted by Crippen LogP contribution is 2.37. The Bertz CT molecular complexity index is 286. The molecule has 0 radical (unpaired) electrons. The summed E-state index contributed by atoms with van der Waals surface area (Å²) in [4.78, 5) is 22.7. The molecule has 0 N–H and O–H groups in total. The summed E-state index contributed by atoms with van der Waals surface area (Å²) < 4.78 is 0. The van der Waals surface area contributed by atoms with Crippen molar-refractivity contribution in [2.24, 2.45) is 5.92 Å². The first-order chi connectivity index (χ1) is 5.70. The van der Waals surface area contributed by atoms with Gasteiger partial charge in [0.25, 0.3) is 0 Å². The number of hydrogen-bond acceptors (Lipinski definition) is 2. The molecule has 1 saturated carbocycles. The van der Waals surface area contributed by atoms with Gasteiger partial charge in [-0.3, -0.25) is 9.59 Å². The Kier molecular flexibility index (Phi) is 1.63. The molecular formula is C10H12O2. The molecule has 2 nitrogen and oxygen atoms in total. The molecule has 0 amide bonds. The van der Waals surface area contributed by atoms with E-state index in [1.54, 1.807) is 0 Å². The van der Waals surface area contributed by atoms with E-state index in [0.29, 0.717) is 12.8 Å². The summed E-state index contributed by atoms with van der Waals surface area (Å²) in [5.74, 6) is 0.471. The Labute approximate surface area is 71.6 Å². The zero-order valence-corrected chi connectivity index (χ0v) is 7.22. The van der Waals surface area contributed by atoms with Crippen molar-refractivity contribution in [2.75, 3.05) is 0 Å². The molecule has 12 heavy (non-hydrogen) atoms. The molecule has 0 saturated heterocycles. The molecule has 0 aromatic rings. The van der Waals surface area contributed by atoms with Crippen LogP contribution in [0.2, 0.25) is 0 Å². The molecule has 0 heterocycles. The van der Waals surface area contributed by atoms with Gasteiger partial charge < -0.3 is 0 Å².